The third-order valence-electron chi connectivity index (χ3n) is 3.00. The van der Waals surface area contributed by atoms with E-state index in [1.54, 1.807) is 12.1 Å². The normalized spacial score (nSPS) is 19.8. The number of carbonyl (C=O) groups is 1. The fourth-order valence-corrected chi connectivity index (χ4v) is 2.09. The van der Waals surface area contributed by atoms with Crippen LogP contribution >= 0.6 is 0 Å². The summed E-state index contributed by atoms with van der Waals surface area (Å²) >= 11 is 0. The summed E-state index contributed by atoms with van der Waals surface area (Å²) in [6.07, 6.45) is 0. The van der Waals surface area contributed by atoms with Gasteiger partial charge in [-0.25, -0.2) is 4.79 Å². The van der Waals surface area contributed by atoms with Gasteiger partial charge in [-0.15, -0.1) is 0 Å². The van der Waals surface area contributed by atoms with Crippen LogP contribution in [-0.4, -0.2) is 48.6 Å². The van der Waals surface area contributed by atoms with Crippen molar-refractivity contribution in [3.63, 3.8) is 0 Å². The lowest BCUT2D eigenvalue weighted by atomic mass is 10.1. The average Bonchev–Trinajstić information content (AvgIpc) is 2.38. The first kappa shape index (κ1) is 12.7. The Balaban J connectivity index is 2.41. The summed E-state index contributed by atoms with van der Waals surface area (Å²) in [6, 6.07) is 4.43. The summed E-state index contributed by atoms with van der Waals surface area (Å²) in [5, 5.41) is 18.5. The van der Waals surface area contributed by atoms with E-state index < -0.39 is 5.97 Å². The first-order chi connectivity index (χ1) is 8.63. The molecule has 4 N–H and O–H groups in total. The molecule has 0 saturated carbocycles. The minimum atomic E-state index is -1.01. The molecule has 98 valence electrons. The Hall–Kier alpha value is -1.79. The number of morpholine rings is 1. The molecule has 18 heavy (non-hydrogen) atoms. The molecule has 2 rings (SSSR count). The van der Waals surface area contributed by atoms with Gasteiger partial charge in [0.2, 0.25) is 0 Å². The summed E-state index contributed by atoms with van der Waals surface area (Å²) in [6.45, 7) is 1.33. The van der Waals surface area contributed by atoms with E-state index in [2.05, 4.69) is 0 Å². The SMILES string of the molecule is Nc1ccc(C(=O)O)c(N2CCOCC2CO)c1. The molecule has 1 saturated heterocycles. The number of benzene rings is 1. The lowest BCUT2D eigenvalue weighted by Crippen LogP contribution is -2.48. The second-order valence-electron chi connectivity index (χ2n) is 4.19. The van der Waals surface area contributed by atoms with E-state index in [0.717, 1.165) is 0 Å². The predicted octanol–water partition coefficient (Wildman–Crippen LogP) is 0.164. The Bertz CT molecular complexity index is 450. The third kappa shape index (κ3) is 2.39. The van der Waals surface area contributed by atoms with Gasteiger partial charge in [0, 0.05) is 12.2 Å². The van der Waals surface area contributed by atoms with Crippen LogP contribution in [0.25, 0.3) is 0 Å². The fraction of sp³-hybridized carbons (Fsp3) is 0.417. The highest BCUT2D eigenvalue weighted by Crippen LogP contribution is 2.26. The lowest BCUT2D eigenvalue weighted by molar-refractivity contribution is 0.0677. The molecule has 6 heteroatoms. The Morgan fingerprint density at radius 3 is 3.00 bits per heavy atom. The highest BCUT2D eigenvalue weighted by molar-refractivity contribution is 5.95. The molecule has 1 aromatic carbocycles. The average molecular weight is 252 g/mol. The zero-order valence-corrected chi connectivity index (χ0v) is 9.87. The zero-order valence-electron chi connectivity index (χ0n) is 9.87. The molecule has 0 aliphatic carbocycles. The number of aromatic carboxylic acids is 1. The van der Waals surface area contributed by atoms with Crippen molar-refractivity contribution in [2.45, 2.75) is 6.04 Å². The minimum absolute atomic E-state index is 0.0894. The van der Waals surface area contributed by atoms with Crippen molar-refractivity contribution in [3.05, 3.63) is 23.8 Å². The van der Waals surface area contributed by atoms with E-state index in [9.17, 15) is 15.0 Å². The van der Waals surface area contributed by atoms with Gasteiger partial charge >= 0.3 is 5.97 Å². The van der Waals surface area contributed by atoms with Gasteiger partial charge in [0.1, 0.15) is 0 Å². The second kappa shape index (κ2) is 5.24. The Kier molecular flexibility index (Phi) is 3.69. The molecule has 1 atom stereocenters. The Labute approximate surface area is 105 Å². The number of nitrogens with two attached hydrogens (primary N) is 1. The summed E-state index contributed by atoms with van der Waals surface area (Å²) in [5.74, 6) is -1.01. The summed E-state index contributed by atoms with van der Waals surface area (Å²) in [5.41, 5.74) is 6.92. The topological polar surface area (TPSA) is 96.0 Å². The monoisotopic (exact) mass is 252 g/mol. The third-order valence-corrected chi connectivity index (χ3v) is 3.00. The van der Waals surface area contributed by atoms with Gasteiger partial charge < -0.3 is 25.6 Å². The highest BCUT2D eigenvalue weighted by atomic mass is 16.5. The van der Waals surface area contributed by atoms with Crippen molar-refractivity contribution in [1.29, 1.82) is 0 Å². The van der Waals surface area contributed by atoms with Gasteiger partial charge in [0.05, 0.1) is 37.1 Å². The molecule has 0 aromatic heterocycles. The van der Waals surface area contributed by atoms with E-state index in [1.807, 2.05) is 4.90 Å². The van der Waals surface area contributed by atoms with Gasteiger partial charge in [-0.2, -0.15) is 0 Å². The van der Waals surface area contributed by atoms with Crippen LogP contribution < -0.4 is 10.6 Å². The summed E-state index contributed by atoms with van der Waals surface area (Å²) in [7, 11) is 0. The van der Waals surface area contributed by atoms with Crippen LogP contribution in [0.2, 0.25) is 0 Å². The van der Waals surface area contributed by atoms with Crippen molar-refractivity contribution in [1.82, 2.24) is 0 Å². The van der Waals surface area contributed by atoms with Crippen molar-refractivity contribution in [2.24, 2.45) is 0 Å². The molecule has 1 aromatic rings. The van der Waals surface area contributed by atoms with E-state index in [0.29, 0.717) is 31.1 Å². The van der Waals surface area contributed by atoms with Crippen LogP contribution in [0.3, 0.4) is 0 Å². The zero-order chi connectivity index (χ0) is 13.1. The molecular formula is C12H16N2O4. The van der Waals surface area contributed by atoms with Gasteiger partial charge in [-0.3, -0.25) is 0 Å². The second-order valence-corrected chi connectivity index (χ2v) is 4.19. The van der Waals surface area contributed by atoms with E-state index in [4.69, 9.17) is 10.5 Å². The maximum Gasteiger partial charge on any atom is 0.337 e. The molecule has 0 bridgehead atoms. The van der Waals surface area contributed by atoms with Gasteiger partial charge in [0.25, 0.3) is 0 Å². The maximum absolute atomic E-state index is 11.2. The van der Waals surface area contributed by atoms with E-state index in [-0.39, 0.29) is 18.2 Å². The fourth-order valence-electron chi connectivity index (χ4n) is 2.09. The molecule has 0 spiro atoms. The van der Waals surface area contributed by atoms with Crippen LogP contribution in [0.5, 0.6) is 0 Å². The first-order valence-electron chi connectivity index (χ1n) is 5.71. The molecule has 1 fully saturated rings. The van der Waals surface area contributed by atoms with Crippen molar-refractivity contribution >= 4 is 17.3 Å². The number of hydrogen-bond acceptors (Lipinski definition) is 5. The number of aliphatic hydroxyl groups excluding tert-OH is 1. The van der Waals surface area contributed by atoms with Crippen molar-refractivity contribution < 1.29 is 19.7 Å². The quantitative estimate of drug-likeness (QED) is 0.663. The molecule has 0 amide bonds. The minimum Gasteiger partial charge on any atom is -0.478 e. The van der Waals surface area contributed by atoms with Gasteiger partial charge in [-0.05, 0) is 18.2 Å². The molecule has 1 aliphatic heterocycles. The van der Waals surface area contributed by atoms with Crippen molar-refractivity contribution in [3.8, 4) is 0 Å². The predicted molar refractivity (Wildman–Crippen MR) is 66.9 cm³/mol. The first-order valence-corrected chi connectivity index (χ1v) is 5.71. The highest BCUT2D eigenvalue weighted by Gasteiger charge is 2.26. The standard InChI is InChI=1S/C12H16N2O4/c13-8-1-2-10(12(16)17)11(5-8)14-3-4-18-7-9(14)6-15/h1-2,5,9,15H,3-4,6-7,13H2,(H,16,17). The van der Waals surface area contributed by atoms with Crippen LogP contribution in [0.15, 0.2) is 18.2 Å². The summed E-state index contributed by atoms with van der Waals surface area (Å²) < 4.78 is 5.27. The number of carboxylic acids is 1. The molecular weight excluding hydrogens is 236 g/mol. The number of carboxylic acid groups (broad SMARTS) is 1. The Morgan fingerprint density at radius 1 is 1.56 bits per heavy atom. The number of nitrogen functional groups attached to an aromatic ring is 1. The van der Waals surface area contributed by atoms with Crippen LogP contribution in [0, 0.1) is 0 Å². The molecule has 1 unspecified atom stereocenters. The number of hydrogen-bond donors (Lipinski definition) is 3. The number of anilines is 2. The lowest BCUT2D eigenvalue weighted by Gasteiger charge is -2.37. The van der Waals surface area contributed by atoms with E-state index >= 15 is 0 Å². The maximum atomic E-state index is 11.2. The Morgan fingerprint density at radius 2 is 2.33 bits per heavy atom. The number of nitrogens with zero attached hydrogens (tertiary/aromatic N) is 1. The van der Waals surface area contributed by atoms with Crippen LogP contribution in [-0.2, 0) is 4.74 Å². The van der Waals surface area contributed by atoms with Gasteiger partial charge in [0.15, 0.2) is 0 Å². The molecule has 1 aliphatic rings. The van der Waals surface area contributed by atoms with Crippen molar-refractivity contribution in [2.75, 3.05) is 37.0 Å². The largest absolute Gasteiger partial charge is 0.478 e. The number of ether oxygens (including phenoxy) is 1. The van der Waals surface area contributed by atoms with E-state index in [1.165, 1.54) is 6.07 Å². The molecule has 1 heterocycles. The smallest absolute Gasteiger partial charge is 0.337 e. The molecule has 6 nitrogen and oxygen atoms in total. The summed E-state index contributed by atoms with van der Waals surface area (Å²) in [4.78, 5) is 13.0. The van der Waals surface area contributed by atoms with Crippen LogP contribution in [0.4, 0.5) is 11.4 Å². The number of aliphatic hydroxyl groups is 1. The van der Waals surface area contributed by atoms with Gasteiger partial charge in [-0.1, -0.05) is 0 Å². The van der Waals surface area contributed by atoms with Crippen LogP contribution in [0.1, 0.15) is 10.4 Å². The number of rotatable bonds is 3. The molecule has 0 radical (unpaired) electrons.